The maximum absolute atomic E-state index is 14.8. The SMILES string of the molecule is NCCCC[C@H]1CN(C(=O)CCCN)CC(=O)N[C@@H](Cc2ccccc2)CN(CC(N)=O)C(=O)CCSCc2ccc(cc2)C(=O)N[C@@H](Cc2ccccc2)CN(C(=O)CC2CC2)CC(=O)N[C@@H](Cc2cc3ccccc3[nH]2)CN(C(=O)CC2CC2)CC(=O)N1. The van der Waals surface area contributed by atoms with Crippen molar-refractivity contribution in [2.75, 3.05) is 71.2 Å². The number of primary amides is 1. The number of unbranched alkanes of at least 4 members (excludes halogenated alkanes) is 1. The highest BCUT2D eigenvalue weighted by Gasteiger charge is 2.34. The number of hydrogen-bond donors (Lipinski definition) is 8. The van der Waals surface area contributed by atoms with Gasteiger partial charge >= 0.3 is 0 Å². The standard InChI is InChI=1S/C68H90N12O9S/c69-29-10-9-17-54-38-78(64(85)19-11-30-70)43-62(83)74-56(32-47-12-3-1-4-13-47)39-77(42-60(71)81)65(86)28-31-90-46-51-24-26-52(27-25-51)68(89)76-57(33-48-14-5-2-6-15-48)40-79(66(87)34-49-20-21-49)45-63(84)75-58(37-55-36-53-16-7-8-18-59(53)72-55)41-80(44-61(82)73-54)67(88)35-50-22-23-50/h1-8,12-16,18,24-27,36,49-50,54,56-58,72H,9-11,17,19-23,28-35,37-46,69-70H2,(H2,71,81)(H,73,82)(H,74,83)(H,75,84)(H,76,89)/t54-,56-,57-,58-/m0/s1. The van der Waals surface area contributed by atoms with Crippen LogP contribution in [0, 0.1) is 11.8 Å². The zero-order chi connectivity index (χ0) is 63.8. The third kappa shape index (κ3) is 23.1. The number of aromatic amines is 1. The molecule has 9 amide bonds. The van der Waals surface area contributed by atoms with Crippen LogP contribution in [-0.4, -0.2) is 173 Å². The van der Waals surface area contributed by atoms with Crippen molar-refractivity contribution in [3.63, 3.8) is 0 Å². The molecule has 0 spiro atoms. The van der Waals surface area contributed by atoms with Crippen LogP contribution in [0.1, 0.15) is 110 Å². The number of para-hydroxylation sites is 1. The first-order valence-electron chi connectivity index (χ1n) is 31.9. The number of nitrogens with zero attached hydrogens (tertiary/aromatic N) is 4. The van der Waals surface area contributed by atoms with Gasteiger partial charge in [0.1, 0.15) is 0 Å². The molecule has 22 heteroatoms. The van der Waals surface area contributed by atoms with Gasteiger partial charge in [-0.05, 0) is 129 Å². The molecule has 11 N–H and O–H groups in total. The van der Waals surface area contributed by atoms with Gasteiger partial charge in [0, 0.05) is 92.6 Å². The molecule has 2 saturated carbocycles. The Morgan fingerprint density at radius 1 is 0.544 bits per heavy atom. The number of amides is 9. The van der Waals surface area contributed by atoms with Crippen LogP contribution in [0.5, 0.6) is 0 Å². The summed E-state index contributed by atoms with van der Waals surface area (Å²) in [6.07, 6.45) is 6.77. The summed E-state index contributed by atoms with van der Waals surface area (Å²) < 4.78 is 0. The number of nitrogens with one attached hydrogen (secondary N) is 5. The monoisotopic (exact) mass is 1250 g/mol. The molecule has 90 heavy (non-hydrogen) atoms. The molecule has 2 aliphatic heterocycles. The van der Waals surface area contributed by atoms with Gasteiger partial charge in [0.05, 0.1) is 44.3 Å². The minimum absolute atomic E-state index is 0.0175. The molecule has 4 atom stereocenters. The Hall–Kier alpha value is -8.08. The summed E-state index contributed by atoms with van der Waals surface area (Å²) in [5.74, 6) is -2.63. The first kappa shape index (κ1) is 67.8. The molecule has 2 fully saturated rings. The van der Waals surface area contributed by atoms with Crippen LogP contribution in [-0.2, 0) is 63.4 Å². The fourth-order valence-corrected chi connectivity index (χ4v) is 12.4. The Morgan fingerprint density at radius 3 is 1.60 bits per heavy atom. The minimum Gasteiger partial charge on any atom is -0.368 e. The zero-order valence-electron chi connectivity index (χ0n) is 51.6. The third-order valence-corrected chi connectivity index (χ3v) is 17.6. The van der Waals surface area contributed by atoms with Gasteiger partial charge in [-0.2, -0.15) is 11.8 Å². The van der Waals surface area contributed by atoms with Crippen LogP contribution in [0.2, 0.25) is 0 Å². The van der Waals surface area contributed by atoms with Crippen molar-refractivity contribution in [1.82, 2.24) is 45.9 Å². The van der Waals surface area contributed by atoms with Crippen LogP contribution < -0.4 is 38.5 Å². The van der Waals surface area contributed by atoms with Crippen LogP contribution >= 0.6 is 11.8 Å². The second-order valence-corrected chi connectivity index (χ2v) is 25.6. The first-order chi connectivity index (χ1) is 43.5. The van der Waals surface area contributed by atoms with Gasteiger partial charge in [0.15, 0.2) is 0 Å². The molecule has 21 nitrogen and oxygen atoms in total. The predicted octanol–water partition coefficient (Wildman–Crippen LogP) is 4.35. The van der Waals surface area contributed by atoms with E-state index in [0.717, 1.165) is 59.0 Å². The van der Waals surface area contributed by atoms with Crippen LogP contribution in [0.3, 0.4) is 0 Å². The van der Waals surface area contributed by atoms with Crippen molar-refractivity contribution in [3.8, 4) is 0 Å². The van der Waals surface area contributed by atoms with Gasteiger partial charge in [0.25, 0.3) is 5.91 Å². The molecule has 4 aromatic carbocycles. The second-order valence-electron chi connectivity index (χ2n) is 24.5. The molecule has 3 heterocycles. The van der Waals surface area contributed by atoms with Crippen LogP contribution in [0.4, 0.5) is 0 Å². The number of thioether (sulfide) groups is 1. The summed E-state index contributed by atoms with van der Waals surface area (Å²) in [4.78, 5) is 137. The molecule has 2 aliphatic carbocycles. The number of H-pyrrole nitrogens is 1. The van der Waals surface area contributed by atoms with Crippen molar-refractivity contribution < 1.29 is 43.2 Å². The number of rotatable bonds is 19. The van der Waals surface area contributed by atoms with E-state index in [2.05, 4.69) is 26.3 Å². The Balaban J connectivity index is 1.13. The summed E-state index contributed by atoms with van der Waals surface area (Å²) >= 11 is 1.50. The largest absolute Gasteiger partial charge is 0.368 e. The first-order valence-corrected chi connectivity index (χ1v) is 33.0. The topological polar surface area (TPSA) is 309 Å². The number of aromatic nitrogens is 1. The van der Waals surface area contributed by atoms with E-state index in [1.807, 2.05) is 103 Å². The molecule has 9 rings (SSSR count). The van der Waals surface area contributed by atoms with Gasteiger partial charge in [-0.25, -0.2) is 0 Å². The average molecular weight is 1250 g/mol. The van der Waals surface area contributed by atoms with E-state index in [1.165, 1.54) is 31.4 Å². The zero-order valence-corrected chi connectivity index (χ0v) is 52.4. The number of carbonyl (C=O) groups excluding carboxylic acids is 9. The number of fused-ring (bicyclic) bond motifs is 30. The van der Waals surface area contributed by atoms with Crippen molar-refractivity contribution in [3.05, 3.63) is 143 Å². The number of carbonyl (C=O) groups is 9. The summed E-state index contributed by atoms with van der Waals surface area (Å²) in [5, 5.41) is 13.5. The molecule has 5 aromatic rings. The van der Waals surface area contributed by atoms with Crippen molar-refractivity contribution in [1.29, 1.82) is 0 Å². The molecule has 0 radical (unpaired) electrons. The van der Waals surface area contributed by atoms with E-state index >= 15 is 0 Å². The quantitative estimate of drug-likeness (QED) is 0.0423. The van der Waals surface area contributed by atoms with E-state index in [-0.39, 0.29) is 119 Å². The highest BCUT2D eigenvalue weighted by atomic mass is 32.2. The van der Waals surface area contributed by atoms with E-state index in [4.69, 9.17) is 17.2 Å². The summed E-state index contributed by atoms with van der Waals surface area (Å²) in [6, 6.07) is 33.0. The van der Waals surface area contributed by atoms with Gasteiger partial charge in [-0.3, -0.25) is 43.2 Å². The number of benzene rings is 4. The fourth-order valence-electron chi connectivity index (χ4n) is 11.5. The maximum Gasteiger partial charge on any atom is 0.251 e. The average Bonchev–Trinajstić information content (AvgIpc) is 2.88. The molecule has 0 unspecified atom stereocenters. The van der Waals surface area contributed by atoms with Crippen molar-refractivity contribution in [2.24, 2.45) is 29.0 Å². The van der Waals surface area contributed by atoms with Crippen LogP contribution in [0.25, 0.3) is 10.9 Å². The van der Waals surface area contributed by atoms with Gasteiger partial charge in [-0.1, -0.05) is 97.4 Å². The molecular formula is C68H90N12O9S. The van der Waals surface area contributed by atoms with Crippen LogP contribution in [0.15, 0.2) is 115 Å². The van der Waals surface area contributed by atoms with Gasteiger partial charge in [-0.15, -0.1) is 0 Å². The molecule has 4 aliphatic rings. The highest BCUT2D eigenvalue weighted by Crippen LogP contribution is 2.34. The molecule has 1 aromatic heterocycles. The lowest BCUT2D eigenvalue weighted by atomic mass is 10.0. The molecule has 2 bridgehead atoms. The highest BCUT2D eigenvalue weighted by molar-refractivity contribution is 7.98. The maximum atomic E-state index is 14.8. The summed E-state index contributed by atoms with van der Waals surface area (Å²) in [5.41, 5.74) is 22.3. The van der Waals surface area contributed by atoms with Crippen molar-refractivity contribution in [2.45, 2.75) is 126 Å². The molecule has 0 saturated heterocycles. The summed E-state index contributed by atoms with van der Waals surface area (Å²) in [6.45, 7) is -1.16. The van der Waals surface area contributed by atoms with E-state index in [9.17, 15) is 43.2 Å². The second kappa shape index (κ2) is 34.8. The van der Waals surface area contributed by atoms with E-state index in [0.29, 0.717) is 55.7 Å². The third-order valence-electron chi connectivity index (χ3n) is 16.5. The Morgan fingerprint density at radius 2 is 1.06 bits per heavy atom. The van der Waals surface area contributed by atoms with Crippen molar-refractivity contribution >= 4 is 75.8 Å². The lowest BCUT2D eigenvalue weighted by molar-refractivity contribution is -0.139. The predicted molar refractivity (Wildman–Crippen MR) is 348 cm³/mol. The van der Waals surface area contributed by atoms with E-state index in [1.54, 1.807) is 12.1 Å². The van der Waals surface area contributed by atoms with Gasteiger partial charge in [0.2, 0.25) is 47.3 Å². The normalized spacial score (nSPS) is 20.3. The Bertz CT molecular complexity index is 3160. The minimum atomic E-state index is -0.765. The fraction of sp³-hybridized carbons (Fsp3) is 0.485. The lowest BCUT2D eigenvalue weighted by Crippen LogP contribution is -2.55. The Labute approximate surface area is 532 Å². The number of nitrogens with two attached hydrogens (primary N) is 3. The molecule has 482 valence electrons. The summed E-state index contributed by atoms with van der Waals surface area (Å²) in [7, 11) is 0. The Kier molecular flexibility index (Phi) is 26.2. The number of hydrogen-bond acceptors (Lipinski definition) is 12. The lowest BCUT2D eigenvalue weighted by Gasteiger charge is -2.32. The molecular weight excluding hydrogens is 1160 g/mol. The van der Waals surface area contributed by atoms with E-state index < -0.39 is 67.4 Å². The van der Waals surface area contributed by atoms with Gasteiger partial charge < -0.3 is 63.1 Å². The smallest absolute Gasteiger partial charge is 0.251 e.